The van der Waals surface area contributed by atoms with E-state index in [0.717, 1.165) is 12.0 Å². The number of anilines is 1. The Morgan fingerprint density at radius 1 is 1.20 bits per heavy atom. The van der Waals surface area contributed by atoms with Gasteiger partial charge >= 0.3 is 6.03 Å². The quantitative estimate of drug-likeness (QED) is 0.706. The maximum atomic E-state index is 13.0. The number of ether oxygens (including phenoxy) is 1. The molecule has 0 saturated carbocycles. The number of hydrogen-bond acceptors (Lipinski definition) is 4. The minimum Gasteiger partial charge on any atom is -0.495 e. The lowest BCUT2D eigenvalue weighted by Gasteiger charge is -2.28. The third-order valence-corrected chi connectivity index (χ3v) is 6.96. The van der Waals surface area contributed by atoms with E-state index in [9.17, 15) is 9.59 Å². The summed E-state index contributed by atoms with van der Waals surface area (Å²) in [5.74, 6) is 0.755. The number of nitrogens with zero attached hydrogens (tertiary/aromatic N) is 2. The lowest BCUT2D eigenvalue weighted by atomic mass is 10.1. The molecule has 2 aromatic carbocycles. The maximum absolute atomic E-state index is 13.0. The molecule has 1 N–H and O–H groups in total. The zero-order valence-corrected chi connectivity index (χ0v) is 18.7. The van der Waals surface area contributed by atoms with Crippen LogP contribution >= 0.6 is 11.8 Å². The largest absolute Gasteiger partial charge is 0.495 e. The number of urea groups is 1. The van der Waals surface area contributed by atoms with Crippen LogP contribution in [0.3, 0.4) is 0 Å². The Morgan fingerprint density at radius 2 is 1.90 bits per heavy atom. The van der Waals surface area contributed by atoms with Crippen molar-refractivity contribution < 1.29 is 14.3 Å². The molecule has 30 heavy (non-hydrogen) atoms. The van der Waals surface area contributed by atoms with Gasteiger partial charge in [0, 0.05) is 20.1 Å². The minimum absolute atomic E-state index is 0.0191. The second-order valence-electron chi connectivity index (χ2n) is 7.33. The van der Waals surface area contributed by atoms with E-state index < -0.39 is 0 Å². The van der Waals surface area contributed by atoms with Gasteiger partial charge in [-0.15, -0.1) is 11.8 Å². The van der Waals surface area contributed by atoms with E-state index >= 15 is 0 Å². The fourth-order valence-electron chi connectivity index (χ4n) is 3.51. The lowest BCUT2D eigenvalue weighted by Crippen LogP contribution is -2.40. The lowest BCUT2D eigenvalue weighted by molar-refractivity contribution is -0.130. The Morgan fingerprint density at radius 3 is 2.60 bits per heavy atom. The summed E-state index contributed by atoms with van der Waals surface area (Å²) in [4.78, 5) is 29.1. The summed E-state index contributed by atoms with van der Waals surface area (Å²) in [6.07, 6.45) is 0.798. The van der Waals surface area contributed by atoms with Gasteiger partial charge in [-0.2, -0.15) is 0 Å². The first-order valence-electron chi connectivity index (χ1n) is 10.1. The number of nitrogens with one attached hydrogen (secondary N) is 1. The topological polar surface area (TPSA) is 61.9 Å². The molecule has 1 saturated heterocycles. The van der Waals surface area contributed by atoms with E-state index in [0.29, 0.717) is 24.5 Å². The van der Waals surface area contributed by atoms with Crippen LogP contribution < -0.4 is 10.1 Å². The van der Waals surface area contributed by atoms with Crippen molar-refractivity contribution in [2.45, 2.75) is 30.9 Å². The van der Waals surface area contributed by atoms with Crippen LogP contribution in [0.25, 0.3) is 0 Å². The molecule has 0 bridgehead atoms. The van der Waals surface area contributed by atoms with Crippen LogP contribution in [0, 0.1) is 6.92 Å². The van der Waals surface area contributed by atoms with Gasteiger partial charge < -0.3 is 19.9 Å². The second-order valence-corrected chi connectivity index (χ2v) is 8.61. The first-order valence-corrected chi connectivity index (χ1v) is 11.1. The molecule has 0 aromatic heterocycles. The molecule has 2 atom stereocenters. The van der Waals surface area contributed by atoms with E-state index in [1.54, 1.807) is 43.0 Å². The number of benzene rings is 2. The number of rotatable bonds is 7. The molecule has 1 aliphatic heterocycles. The summed E-state index contributed by atoms with van der Waals surface area (Å²) in [7, 11) is 3.31. The SMILES string of the molecule is CC[C@@H]1S[C@H](c2ccccc2C)N(CCN(C)C(=O)Nc2ccccc2OC)C1=O. The maximum Gasteiger partial charge on any atom is 0.321 e. The number of carbonyl (C=O) groups excluding carboxylic acids is 2. The smallest absolute Gasteiger partial charge is 0.321 e. The molecular weight excluding hydrogens is 398 g/mol. The molecule has 0 unspecified atom stereocenters. The Labute approximate surface area is 182 Å². The summed E-state index contributed by atoms with van der Waals surface area (Å²) < 4.78 is 5.29. The number of hydrogen-bond donors (Lipinski definition) is 1. The van der Waals surface area contributed by atoms with E-state index in [2.05, 4.69) is 24.4 Å². The summed E-state index contributed by atoms with van der Waals surface area (Å²) in [5, 5.41) is 2.81. The molecule has 1 fully saturated rings. The Hall–Kier alpha value is -2.67. The van der Waals surface area contributed by atoms with Crippen molar-refractivity contribution >= 4 is 29.4 Å². The summed E-state index contributed by atoms with van der Waals surface area (Å²) >= 11 is 1.70. The molecule has 1 heterocycles. The highest BCUT2D eigenvalue weighted by molar-refractivity contribution is 8.01. The van der Waals surface area contributed by atoms with E-state index in [4.69, 9.17) is 4.74 Å². The van der Waals surface area contributed by atoms with E-state index in [-0.39, 0.29) is 22.6 Å². The normalized spacial score (nSPS) is 18.4. The van der Waals surface area contributed by atoms with Crippen LogP contribution in [0.15, 0.2) is 48.5 Å². The number of aryl methyl sites for hydroxylation is 1. The Balaban J connectivity index is 1.68. The monoisotopic (exact) mass is 427 g/mol. The molecule has 0 aliphatic carbocycles. The van der Waals surface area contributed by atoms with Crippen molar-refractivity contribution in [1.29, 1.82) is 0 Å². The molecule has 2 aromatic rings. The van der Waals surface area contributed by atoms with Crippen molar-refractivity contribution in [3.8, 4) is 5.75 Å². The first kappa shape index (κ1) is 22.0. The number of methoxy groups -OCH3 is 1. The van der Waals surface area contributed by atoms with Crippen LogP contribution in [0.2, 0.25) is 0 Å². The highest BCUT2D eigenvalue weighted by atomic mass is 32.2. The molecule has 7 heteroatoms. The van der Waals surface area contributed by atoms with Crippen LogP contribution in [-0.4, -0.2) is 54.2 Å². The van der Waals surface area contributed by atoms with Crippen molar-refractivity contribution in [1.82, 2.24) is 9.80 Å². The number of likely N-dealkylation sites (N-methyl/N-ethyl adjacent to an activating group) is 1. The van der Waals surface area contributed by atoms with Gasteiger partial charge in [0.05, 0.1) is 18.0 Å². The van der Waals surface area contributed by atoms with Gasteiger partial charge in [0.1, 0.15) is 11.1 Å². The van der Waals surface area contributed by atoms with Crippen molar-refractivity contribution in [3.05, 3.63) is 59.7 Å². The van der Waals surface area contributed by atoms with Crippen LogP contribution in [-0.2, 0) is 4.79 Å². The van der Waals surface area contributed by atoms with Crippen LogP contribution in [0.1, 0.15) is 29.8 Å². The molecule has 0 radical (unpaired) electrons. The highest BCUT2D eigenvalue weighted by Gasteiger charge is 2.40. The summed E-state index contributed by atoms with van der Waals surface area (Å²) in [6.45, 7) is 5.04. The van der Waals surface area contributed by atoms with E-state index in [1.807, 2.05) is 36.1 Å². The van der Waals surface area contributed by atoms with E-state index in [1.165, 1.54) is 5.56 Å². The average molecular weight is 428 g/mol. The van der Waals surface area contributed by atoms with Gasteiger partial charge in [-0.1, -0.05) is 43.3 Å². The third kappa shape index (κ3) is 4.73. The molecular formula is C23H29N3O3S. The second kappa shape index (κ2) is 9.89. The third-order valence-electron chi connectivity index (χ3n) is 5.33. The van der Waals surface area contributed by atoms with Crippen LogP contribution in [0.5, 0.6) is 5.75 Å². The Kier molecular flexibility index (Phi) is 7.26. The first-order chi connectivity index (χ1) is 14.5. The number of amides is 3. The molecule has 3 amide bonds. The molecule has 6 nitrogen and oxygen atoms in total. The van der Waals surface area contributed by atoms with Gasteiger partial charge in [0.2, 0.25) is 5.91 Å². The Bertz CT molecular complexity index is 905. The zero-order chi connectivity index (χ0) is 21.7. The summed E-state index contributed by atoms with van der Waals surface area (Å²) in [5.41, 5.74) is 2.95. The summed E-state index contributed by atoms with van der Waals surface area (Å²) in [6, 6.07) is 15.2. The fourth-order valence-corrected chi connectivity index (χ4v) is 5.03. The molecule has 3 rings (SSSR count). The number of thioether (sulfide) groups is 1. The van der Waals surface area contributed by atoms with Gasteiger partial charge in [-0.3, -0.25) is 4.79 Å². The zero-order valence-electron chi connectivity index (χ0n) is 17.9. The molecule has 1 aliphatic rings. The van der Waals surface area contributed by atoms with Gasteiger partial charge in [-0.05, 0) is 36.6 Å². The predicted molar refractivity (Wildman–Crippen MR) is 122 cm³/mol. The van der Waals surface area contributed by atoms with Gasteiger partial charge in [-0.25, -0.2) is 4.79 Å². The predicted octanol–water partition coefficient (Wildman–Crippen LogP) is 4.52. The number of para-hydroxylation sites is 2. The average Bonchev–Trinajstić information content (AvgIpc) is 3.07. The van der Waals surface area contributed by atoms with Crippen LogP contribution in [0.4, 0.5) is 10.5 Å². The standard InChI is InChI=1S/C23H29N3O3S/c1-5-20-21(27)26(22(30-20)17-11-7-6-10-16(17)2)15-14-25(3)23(28)24-18-12-8-9-13-19(18)29-4/h6-13,20,22H,5,14-15H2,1-4H3,(H,24,28)/t20-,22+/m0/s1. The van der Waals surface area contributed by atoms with Crippen molar-refractivity contribution in [3.63, 3.8) is 0 Å². The minimum atomic E-state index is -0.238. The fraction of sp³-hybridized carbons (Fsp3) is 0.391. The highest BCUT2D eigenvalue weighted by Crippen LogP contribution is 2.44. The molecule has 0 spiro atoms. The van der Waals surface area contributed by atoms with Gasteiger partial charge in [0.15, 0.2) is 0 Å². The number of carbonyl (C=O) groups is 2. The van der Waals surface area contributed by atoms with Crippen molar-refractivity contribution in [2.75, 3.05) is 32.6 Å². The molecule has 160 valence electrons. The van der Waals surface area contributed by atoms with Gasteiger partial charge in [0.25, 0.3) is 0 Å². The van der Waals surface area contributed by atoms with Crippen molar-refractivity contribution in [2.24, 2.45) is 0 Å².